The number of hydrogen-bond acceptors (Lipinski definition) is 5. The van der Waals surface area contributed by atoms with E-state index < -0.39 is 21.5 Å². The molecule has 8 heteroatoms. The zero-order valence-corrected chi connectivity index (χ0v) is 17.4. The second kappa shape index (κ2) is 8.28. The zero-order valence-electron chi connectivity index (χ0n) is 16.6. The molecule has 0 saturated carbocycles. The van der Waals surface area contributed by atoms with Crippen molar-refractivity contribution in [2.45, 2.75) is 35.6 Å². The van der Waals surface area contributed by atoms with Crippen LogP contribution in [-0.4, -0.2) is 44.0 Å². The van der Waals surface area contributed by atoms with Gasteiger partial charge >= 0.3 is 0 Å². The van der Waals surface area contributed by atoms with Gasteiger partial charge in [0, 0.05) is 30.2 Å². The lowest BCUT2D eigenvalue weighted by atomic mass is 10.1. The number of benzene rings is 2. The van der Waals surface area contributed by atoms with Crippen molar-refractivity contribution in [3.05, 3.63) is 60.3 Å². The molecule has 158 valence electrons. The molecule has 1 aliphatic rings. The highest BCUT2D eigenvalue weighted by molar-refractivity contribution is 7.91. The van der Waals surface area contributed by atoms with Gasteiger partial charge in [0.2, 0.25) is 9.84 Å². The van der Waals surface area contributed by atoms with Crippen molar-refractivity contribution in [2.24, 2.45) is 0 Å². The largest absolute Gasteiger partial charge is 0.382 e. The van der Waals surface area contributed by atoms with Crippen LogP contribution in [0.3, 0.4) is 0 Å². The SMILES string of the molecule is CCN1CCCC1CNc1c(S(=O)(=O)c2cccc(F)c2)cnc2cc(F)ccc12. The van der Waals surface area contributed by atoms with Gasteiger partial charge < -0.3 is 5.32 Å². The van der Waals surface area contributed by atoms with E-state index >= 15 is 0 Å². The number of hydrogen-bond donors (Lipinski definition) is 1. The first-order valence-electron chi connectivity index (χ1n) is 9.97. The molecule has 1 unspecified atom stereocenters. The van der Waals surface area contributed by atoms with Gasteiger partial charge in [0.05, 0.1) is 16.1 Å². The van der Waals surface area contributed by atoms with E-state index in [0.717, 1.165) is 32.0 Å². The first kappa shape index (κ1) is 20.7. The Labute approximate surface area is 174 Å². The van der Waals surface area contributed by atoms with Crippen LogP contribution < -0.4 is 5.32 Å². The van der Waals surface area contributed by atoms with E-state index in [2.05, 4.69) is 22.1 Å². The van der Waals surface area contributed by atoms with Crippen molar-refractivity contribution in [3.8, 4) is 0 Å². The molecule has 4 rings (SSSR count). The summed E-state index contributed by atoms with van der Waals surface area (Å²) in [7, 11) is -4.03. The van der Waals surface area contributed by atoms with Gasteiger partial charge in [0.25, 0.3) is 0 Å². The number of anilines is 1. The van der Waals surface area contributed by atoms with Crippen LogP contribution >= 0.6 is 0 Å². The number of nitrogens with zero attached hydrogens (tertiary/aromatic N) is 2. The predicted octanol–water partition coefficient (Wildman–Crippen LogP) is 4.24. The first-order chi connectivity index (χ1) is 14.4. The Hall–Kier alpha value is -2.58. The number of halogens is 2. The predicted molar refractivity (Wildman–Crippen MR) is 112 cm³/mol. The van der Waals surface area contributed by atoms with Crippen LogP contribution in [0.25, 0.3) is 10.9 Å². The highest BCUT2D eigenvalue weighted by Gasteiger charge is 2.27. The summed E-state index contributed by atoms with van der Waals surface area (Å²) in [6.45, 7) is 4.58. The quantitative estimate of drug-likeness (QED) is 0.633. The van der Waals surface area contributed by atoms with Gasteiger partial charge in [-0.2, -0.15) is 0 Å². The summed E-state index contributed by atoms with van der Waals surface area (Å²) < 4.78 is 54.0. The maximum Gasteiger partial charge on any atom is 0.210 e. The van der Waals surface area contributed by atoms with Gasteiger partial charge in [0.1, 0.15) is 16.5 Å². The summed E-state index contributed by atoms with van der Waals surface area (Å²) >= 11 is 0. The Morgan fingerprint density at radius 1 is 1.17 bits per heavy atom. The van der Waals surface area contributed by atoms with Crippen LogP contribution in [0, 0.1) is 11.6 Å². The molecule has 1 saturated heterocycles. The number of nitrogens with one attached hydrogen (secondary N) is 1. The van der Waals surface area contributed by atoms with Crippen molar-refractivity contribution < 1.29 is 17.2 Å². The Morgan fingerprint density at radius 2 is 1.97 bits per heavy atom. The number of rotatable bonds is 6. The summed E-state index contributed by atoms with van der Waals surface area (Å²) in [5.74, 6) is -1.08. The van der Waals surface area contributed by atoms with Crippen LogP contribution in [0.15, 0.2) is 58.5 Å². The number of sulfone groups is 1. The van der Waals surface area contributed by atoms with Gasteiger partial charge in [-0.25, -0.2) is 17.2 Å². The minimum absolute atomic E-state index is 0.0479. The van der Waals surface area contributed by atoms with E-state index in [9.17, 15) is 17.2 Å². The third kappa shape index (κ3) is 3.89. The number of likely N-dealkylation sites (N-methyl/N-ethyl adjacent to an activating group) is 1. The van der Waals surface area contributed by atoms with Crippen LogP contribution in [0.4, 0.5) is 14.5 Å². The van der Waals surface area contributed by atoms with E-state index in [1.165, 1.54) is 42.6 Å². The lowest BCUT2D eigenvalue weighted by molar-refractivity contribution is 0.277. The average Bonchev–Trinajstić information content (AvgIpc) is 3.19. The van der Waals surface area contributed by atoms with Crippen LogP contribution in [-0.2, 0) is 9.84 Å². The van der Waals surface area contributed by atoms with Crippen LogP contribution in [0.1, 0.15) is 19.8 Å². The number of likely N-dealkylation sites (tertiary alicyclic amines) is 1. The highest BCUT2D eigenvalue weighted by Crippen LogP contribution is 2.34. The molecule has 0 bridgehead atoms. The fourth-order valence-corrected chi connectivity index (χ4v) is 5.48. The molecule has 1 atom stereocenters. The van der Waals surface area contributed by atoms with Gasteiger partial charge in [-0.1, -0.05) is 13.0 Å². The summed E-state index contributed by atoms with van der Waals surface area (Å²) in [6, 6.07) is 9.25. The third-order valence-corrected chi connectivity index (χ3v) is 7.38. The summed E-state index contributed by atoms with van der Waals surface area (Å²) in [4.78, 5) is 6.31. The fraction of sp³-hybridized carbons (Fsp3) is 0.318. The van der Waals surface area contributed by atoms with E-state index in [1.807, 2.05) is 0 Å². The van der Waals surface area contributed by atoms with Gasteiger partial charge in [0.15, 0.2) is 0 Å². The van der Waals surface area contributed by atoms with Crippen molar-refractivity contribution in [2.75, 3.05) is 25.0 Å². The molecular weight excluding hydrogens is 408 g/mol. The van der Waals surface area contributed by atoms with E-state index in [4.69, 9.17) is 0 Å². The number of fused-ring (bicyclic) bond motifs is 1. The molecule has 0 radical (unpaired) electrons. The number of aromatic nitrogens is 1. The van der Waals surface area contributed by atoms with Crippen LogP contribution in [0.5, 0.6) is 0 Å². The molecule has 5 nitrogen and oxygen atoms in total. The van der Waals surface area contributed by atoms with Gasteiger partial charge in [-0.15, -0.1) is 0 Å². The van der Waals surface area contributed by atoms with E-state index in [1.54, 1.807) is 0 Å². The zero-order chi connectivity index (χ0) is 21.3. The molecule has 2 aromatic carbocycles. The molecule has 1 aromatic heterocycles. The molecule has 1 fully saturated rings. The molecule has 2 heterocycles. The van der Waals surface area contributed by atoms with Crippen molar-refractivity contribution >= 4 is 26.4 Å². The van der Waals surface area contributed by atoms with Crippen LogP contribution in [0.2, 0.25) is 0 Å². The monoisotopic (exact) mass is 431 g/mol. The van der Waals surface area contributed by atoms with Crippen molar-refractivity contribution in [1.29, 1.82) is 0 Å². The summed E-state index contributed by atoms with van der Waals surface area (Å²) in [5.41, 5.74) is 0.724. The second-order valence-corrected chi connectivity index (χ2v) is 9.34. The Kier molecular flexibility index (Phi) is 5.71. The Bertz CT molecular complexity index is 1180. The maximum atomic E-state index is 13.7. The van der Waals surface area contributed by atoms with Gasteiger partial charge in [-0.05, 0) is 56.3 Å². The lowest BCUT2D eigenvalue weighted by Crippen LogP contribution is -2.34. The smallest absolute Gasteiger partial charge is 0.210 e. The van der Waals surface area contributed by atoms with E-state index in [0.29, 0.717) is 23.1 Å². The topological polar surface area (TPSA) is 62.3 Å². The summed E-state index contributed by atoms with van der Waals surface area (Å²) in [6.07, 6.45) is 3.33. The molecular formula is C22H23F2N3O2S. The van der Waals surface area contributed by atoms with Crippen molar-refractivity contribution in [1.82, 2.24) is 9.88 Å². The first-order valence-corrected chi connectivity index (χ1v) is 11.5. The molecule has 0 amide bonds. The molecule has 1 N–H and O–H groups in total. The second-order valence-electron chi connectivity index (χ2n) is 7.43. The number of pyridine rings is 1. The third-order valence-electron chi connectivity index (χ3n) is 5.61. The molecule has 30 heavy (non-hydrogen) atoms. The minimum atomic E-state index is -4.03. The standard InChI is InChI=1S/C22H23F2N3O2S/c1-2-27-10-4-6-17(27)13-26-22-19-9-8-16(24)12-20(19)25-14-21(22)30(28,29)18-7-3-5-15(23)11-18/h3,5,7-9,11-12,14,17H,2,4,6,10,13H2,1H3,(H,25,26). The molecule has 1 aliphatic heterocycles. The minimum Gasteiger partial charge on any atom is -0.382 e. The van der Waals surface area contributed by atoms with Crippen molar-refractivity contribution in [3.63, 3.8) is 0 Å². The molecule has 0 spiro atoms. The maximum absolute atomic E-state index is 13.7. The lowest BCUT2D eigenvalue weighted by Gasteiger charge is -2.24. The average molecular weight is 432 g/mol. The normalized spacial score (nSPS) is 17.5. The van der Waals surface area contributed by atoms with E-state index in [-0.39, 0.29) is 15.8 Å². The highest BCUT2D eigenvalue weighted by atomic mass is 32.2. The fourth-order valence-electron chi connectivity index (χ4n) is 4.06. The summed E-state index contributed by atoms with van der Waals surface area (Å²) in [5, 5.41) is 3.80. The van der Waals surface area contributed by atoms with Gasteiger partial charge in [-0.3, -0.25) is 9.88 Å². The molecule has 3 aromatic rings. The Balaban J connectivity index is 1.81. The Morgan fingerprint density at radius 3 is 2.73 bits per heavy atom. The molecule has 0 aliphatic carbocycles.